The number of benzene rings is 1. The van der Waals surface area contributed by atoms with Crippen LogP contribution in [-0.4, -0.2) is 25.1 Å². The van der Waals surface area contributed by atoms with E-state index in [4.69, 9.17) is 4.74 Å². The van der Waals surface area contributed by atoms with E-state index in [1.165, 1.54) is 24.3 Å². The Balaban J connectivity index is 2.14. The van der Waals surface area contributed by atoms with Crippen LogP contribution in [0, 0.1) is 6.92 Å². The summed E-state index contributed by atoms with van der Waals surface area (Å²) in [5.41, 5.74) is 0.579. The second kappa shape index (κ2) is 7.63. The third-order valence-corrected chi connectivity index (χ3v) is 5.04. The molecule has 140 valence electrons. The van der Waals surface area contributed by atoms with Gasteiger partial charge >= 0.3 is 6.09 Å². The fraction of sp³-hybridized carbons (Fsp3) is 0.294. The Morgan fingerprint density at radius 2 is 1.73 bits per heavy atom. The number of hydrogen-bond donors (Lipinski definition) is 2. The number of rotatable bonds is 4. The van der Waals surface area contributed by atoms with Crippen LogP contribution < -0.4 is 10.0 Å². The highest BCUT2D eigenvalue weighted by molar-refractivity contribution is 9.10. The van der Waals surface area contributed by atoms with E-state index in [9.17, 15) is 13.2 Å². The lowest BCUT2D eigenvalue weighted by molar-refractivity contribution is 0.0635. The van der Waals surface area contributed by atoms with Crippen molar-refractivity contribution in [1.82, 2.24) is 4.98 Å². The molecule has 1 heterocycles. The molecule has 2 aromatic rings. The number of sulfonamides is 1. The van der Waals surface area contributed by atoms with Gasteiger partial charge in [0.1, 0.15) is 16.0 Å². The number of ether oxygens (including phenoxy) is 1. The molecular weight excluding hydrogens is 422 g/mol. The Bertz CT molecular complexity index is 907. The van der Waals surface area contributed by atoms with Gasteiger partial charge in [0.2, 0.25) is 0 Å². The molecule has 0 spiro atoms. The first-order valence-corrected chi connectivity index (χ1v) is 10.00. The number of nitrogens with one attached hydrogen (secondary N) is 2. The minimum atomic E-state index is -3.74. The molecule has 0 aliphatic heterocycles. The molecule has 9 heteroatoms. The summed E-state index contributed by atoms with van der Waals surface area (Å²) in [5, 5.41) is 2.49. The van der Waals surface area contributed by atoms with E-state index in [0.717, 1.165) is 5.56 Å². The third-order valence-electron chi connectivity index (χ3n) is 3.05. The van der Waals surface area contributed by atoms with Gasteiger partial charge in [0.25, 0.3) is 10.0 Å². The van der Waals surface area contributed by atoms with Gasteiger partial charge in [0, 0.05) is 0 Å². The molecule has 0 radical (unpaired) electrons. The lowest BCUT2D eigenvalue weighted by atomic mass is 10.2. The number of carbonyl (C=O) groups excluding carboxylic acids is 1. The predicted octanol–water partition coefficient (Wildman–Crippen LogP) is 4.30. The maximum atomic E-state index is 12.4. The summed E-state index contributed by atoms with van der Waals surface area (Å²) in [5.74, 6) is 0.226. The van der Waals surface area contributed by atoms with Gasteiger partial charge in [-0.3, -0.25) is 10.0 Å². The number of pyridine rings is 1. The molecule has 2 rings (SSSR count). The van der Waals surface area contributed by atoms with E-state index in [1.807, 2.05) is 6.92 Å². The van der Waals surface area contributed by atoms with Gasteiger partial charge in [-0.25, -0.2) is 18.2 Å². The summed E-state index contributed by atoms with van der Waals surface area (Å²) >= 11 is 3.21. The van der Waals surface area contributed by atoms with E-state index in [1.54, 1.807) is 32.9 Å². The Morgan fingerprint density at radius 1 is 1.12 bits per heavy atom. The normalized spacial score (nSPS) is 11.7. The molecule has 1 aromatic heterocycles. The molecular formula is C17H20BrN3O4S. The van der Waals surface area contributed by atoms with Gasteiger partial charge in [-0.15, -0.1) is 0 Å². The van der Waals surface area contributed by atoms with Crippen LogP contribution in [0.1, 0.15) is 26.3 Å². The quantitative estimate of drug-likeness (QED) is 0.689. The molecule has 0 saturated carbocycles. The summed E-state index contributed by atoms with van der Waals surface area (Å²) in [4.78, 5) is 16.0. The van der Waals surface area contributed by atoms with Gasteiger partial charge in [0.15, 0.2) is 0 Å². The summed E-state index contributed by atoms with van der Waals surface area (Å²) in [6, 6.07) is 9.46. The smallest absolute Gasteiger partial charge is 0.413 e. The Hall–Kier alpha value is -2.13. The Kier molecular flexibility index (Phi) is 5.92. The average Bonchev–Trinajstić information content (AvgIpc) is 2.48. The minimum Gasteiger partial charge on any atom is -0.444 e. The van der Waals surface area contributed by atoms with Crippen molar-refractivity contribution in [3.63, 3.8) is 0 Å². The largest absolute Gasteiger partial charge is 0.444 e. The molecule has 26 heavy (non-hydrogen) atoms. The van der Waals surface area contributed by atoms with Crippen LogP contribution in [0.5, 0.6) is 0 Å². The van der Waals surface area contributed by atoms with Crippen molar-refractivity contribution >= 4 is 43.6 Å². The lowest BCUT2D eigenvalue weighted by Gasteiger charge is -2.19. The Labute approximate surface area is 161 Å². The maximum Gasteiger partial charge on any atom is 0.413 e. The summed E-state index contributed by atoms with van der Waals surface area (Å²) < 4.78 is 32.7. The summed E-state index contributed by atoms with van der Waals surface area (Å²) in [6.07, 6.45) is -0.648. The van der Waals surface area contributed by atoms with E-state index in [-0.39, 0.29) is 21.0 Å². The molecule has 1 amide bonds. The number of nitrogens with zero attached hydrogens (tertiary/aromatic N) is 1. The van der Waals surface area contributed by atoms with Gasteiger partial charge in [-0.1, -0.05) is 17.7 Å². The van der Waals surface area contributed by atoms with Crippen LogP contribution in [0.15, 0.2) is 45.9 Å². The number of halogens is 1. The van der Waals surface area contributed by atoms with E-state index >= 15 is 0 Å². The van der Waals surface area contributed by atoms with E-state index in [0.29, 0.717) is 0 Å². The van der Waals surface area contributed by atoms with E-state index < -0.39 is 21.7 Å². The fourth-order valence-electron chi connectivity index (χ4n) is 1.91. The molecule has 0 saturated heterocycles. The fourth-order valence-corrected chi connectivity index (χ4v) is 3.53. The SMILES string of the molecule is Cc1ccc(S(=O)(=O)Nc2ccc(NC(=O)OC(C)(C)C)nc2Br)cc1. The highest BCUT2D eigenvalue weighted by Gasteiger charge is 2.18. The van der Waals surface area contributed by atoms with Crippen molar-refractivity contribution < 1.29 is 17.9 Å². The first kappa shape index (κ1) is 20.2. The average molecular weight is 442 g/mol. The molecule has 2 N–H and O–H groups in total. The van der Waals surface area contributed by atoms with Crippen molar-refractivity contribution in [3.05, 3.63) is 46.6 Å². The second-order valence-corrected chi connectivity index (χ2v) is 9.01. The zero-order valence-electron chi connectivity index (χ0n) is 14.8. The van der Waals surface area contributed by atoms with Crippen LogP contribution in [0.3, 0.4) is 0 Å². The van der Waals surface area contributed by atoms with Crippen molar-refractivity contribution in [2.45, 2.75) is 38.2 Å². The van der Waals surface area contributed by atoms with Crippen LogP contribution in [0.2, 0.25) is 0 Å². The summed E-state index contributed by atoms with van der Waals surface area (Å²) in [6.45, 7) is 7.12. The number of anilines is 2. The third kappa shape index (κ3) is 5.70. The minimum absolute atomic E-state index is 0.144. The molecule has 0 fully saturated rings. The zero-order chi connectivity index (χ0) is 19.5. The maximum absolute atomic E-state index is 12.4. The molecule has 1 aromatic carbocycles. The van der Waals surface area contributed by atoms with Crippen LogP contribution in [0.4, 0.5) is 16.3 Å². The van der Waals surface area contributed by atoms with Crippen LogP contribution >= 0.6 is 15.9 Å². The molecule has 7 nitrogen and oxygen atoms in total. The first-order valence-electron chi connectivity index (χ1n) is 7.72. The number of carbonyl (C=O) groups is 1. The van der Waals surface area contributed by atoms with Crippen LogP contribution in [0.25, 0.3) is 0 Å². The van der Waals surface area contributed by atoms with Crippen molar-refractivity contribution in [2.24, 2.45) is 0 Å². The standard InChI is InChI=1S/C17H20BrN3O4S/c1-11-5-7-12(8-6-11)26(23,24)21-13-9-10-14(19-15(13)18)20-16(22)25-17(2,3)4/h5-10,21H,1-4H3,(H,19,20,22). The van der Waals surface area contributed by atoms with Crippen molar-refractivity contribution in [2.75, 3.05) is 10.0 Å². The monoisotopic (exact) mass is 441 g/mol. The number of hydrogen-bond acceptors (Lipinski definition) is 5. The number of amides is 1. The van der Waals surface area contributed by atoms with Crippen molar-refractivity contribution in [1.29, 1.82) is 0 Å². The van der Waals surface area contributed by atoms with Crippen LogP contribution in [-0.2, 0) is 14.8 Å². The first-order chi connectivity index (χ1) is 12.0. The lowest BCUT2D eigenvalue weighted by Crippen LogP contribution is -2.27. The molecule has 0 unspecified atom stereocenters. The van der Waals surface area contributed by atoms with Gasteiger partial charge in [-0.05, 0) is 67.9 Å². The van der Waals surface area contributed by atoms with Gasteiger partial charge in [-0.2, -0.15) is 0 Å². The highest BCUT2D eigenvalue weighted by atomic mass is 79.9. The molecule has 0 atom stereocenters. The molecule has 0 bridgehead atoms. The predicted molar refractivity (Wildman–Crippen MR) is 104 cm³/mol. The van der Waals surface area contributed by atoms with Gasteiger partial charge in [0.05, 0.1) is 10.6 Å². The molecule has 0 aliphatic rings. The topological polar surface area (TPSA) is 97.4 Å². The second-order valence-electron chi connectivity index (χ2n) is 6.58. The number of aryl methyl sites for hydroxylation is 1. The van der Waals surface area contributed by atoms with E-state index in [2.05, 4.69) is 31.0 Å². The summed E-state index contributed by atoms with van der Waals surface area (Å²) in [7, 11) is -3.74. The zero-order valence-corrected chi connectivity index (χ0v) is 17.2. The Morgan fingerprint density at radius 3 is 2.27 bits per heavy atom. The number of aromatic nitrogens is 1. The van der Waals surface area contributed by atoms with Gasteiger partial charge < -0.3 is 4.74 Å². The molecule has 0 aliphatic carbocycles. The highest BCUT2D eigenvalue weighted by Crippen LogP contribution is 2.25. The van der Waals surface area contributed by atoms with Crippen molar-refractivity contribution in [3.8, 4) is 0 Å².